The average molecular weight is 399 g/mol. The molecule has 0 saturated carbocycles. The molecule has 2 aromatic rings. The fourth-order valence-corrected chi connectivity index (χ4v) is 2.96. The lowest BCUT2D eigenvalue weighted by atomic mass is 10.1. The van der Waals surface area contributed by atoms with Gasteiger partial charge < -0.3 is 19.8 Å². The van der Waals surface area contributed by atoms with Gasteiger partial charge in [-0.2, -0.15) is 0 Å². The van der Waals surface area contributed by atoms with E-state index in [-0.39, 0.29) is 17.1 Å². The molecule has 1 fully saturated rings. The largest absolute Gasteiger partial charge is 0.465 e. The standard InChI is InChI=1S/C20H21N3O4S/c24-18(10-9-14-5-3-11-26-14)23-20(28)22-17-8-2-1-7-16(17)19(25)21-13-15-6-4-12-27-15/h1-3,5,7-11,15H,4,6,12-13H2,(H,21,25)(H2,22,23,24,28)/b10-9+. The zero-order valence-electron chi connectivity index (χ0n) is 15.1. The molecule has 2 amide bonds. The van der Waals surface area contributed by atoms with Crippen molar-refractivity contribution in [2.75, 3.05) is 18.5 Å². The summed E-state index contributed by atoms with van der Waals surface area (Å²) in [5.74, 6) is -0.0815. The first-order chi connectivity index (χ1) is 13.6. The Morgan fingerprint density at radius 1 is 1.21 bits per heavy atom. The van der Waals surface area contributed by atoms with E-state index in [4.69, 9.17) is 21.4 Å². The molecule has 3 rings (SSSR count). The topological polar surface area (TPSA) is 92.6 Å². The Morgan fingerprint density at radius 3 is 2.82 bits per heavy atom. The number of hydrogen-bond donors (Lipinski definition) is 3. The number of benzene rings is 1. The van der Waals surface area contributed by atoms with Gasteiger partial charge in [-0.3, -0.25) is 14.9 Å². The van der Waals surface area contributed by atoms with Crippen LogP contribution in [-0.2, 0) is 9.53 Å². The van der Waals surface area contributed by atoms with Crippen LogP contribution in [0.2, 0.25) is 0 Å². The Labute approximate surface area is 168 Å². The maximum atomic E-state index is 12.5. The number of anilines is 1. The summed E-state index contributed by atoms with van der Waals surface area (Å²) in [4.78, 5) is 24.4. The Morgan fingerprint density at radius 2 is 2.07 bits per heavy atom. The molecular weight excluding hydrogens is 378 g/mol. The van der Waals surface area contributed by atoms with Gasteiger partial charge in [0.15, 0.2) is 5.11 Å². The highest BCUT2D eigenvalue weighted by Gasteiger charge is 2.18. The van der Waals surface area contributed by atoms with E-state index >= 15 is 0 Å². The molecule has 3 N–H and O–H groups in total. The van der Waals surface area contributed by atoms with Crippen LogP contribution >= 0.6 is 12.2 Å². The van der Waals surface area contributed by atoms with Gasteiger partial charge in [0.25, 0.3) is 5.91 Å². The van der Waals surface area contributed by atoms with Crippen molar-refractivity contribution < 1.29 is 18.7 Å². The Hall–Kier alpha value is -2.97. The van der Waals surface area contributed by atoms with Crippen LogP contribution in [0.3, 0.4) is 0 Å². The molecule has 0 spiro atoms. The number of carbonyl (C=O) groups excluding carboxylic acids is 2. The van der Waals surface area contributed by atoms with Crippen LogP contribution in [0.1, 0.15) is 29.0 Å². The summed E-state index contributed by atoms with van der Waals surface area (Å²) >= 11 is 5.17. The molecule has 1 unspecified atom stereocenters. The van der Waals surface area contributed by atoms with Gasteiger partial charge in [0.1, 0.15) is 5.76 Å². The van der Waals surface area contributed by atoms with E-state index in [0.717, 1.165) is 19.4 Å². The molecule has 1 aromatic heterocycles. The van der Waals surface area contributed by atoms with Crippen molar-refractivity contribution in [2.45, 2.75) is 18.9 Å². The second-order valence-corrected chi connectivity index (χ2v) is 6.59. The van der Waals surface area contributed by atoms with Crippen LogP contribution in [-0.4, -0.2) is 36.2 Å². The predicted octanol–water partition coefficient (Wildman–Crippen LogP) is 2.71. The first-order valence-electron chi connectivity index (χ1n) is 8.94. The van der Waals surface area contributed by atoms with Crippen molar-refractivity contribution in [3.05, 3.63) is 60.1 Å². The number of para-hydroxylation sites is 1. The van der Waals surface area contributed by atoms with Gasteiger partial charge in [-0.1, -0.05) is 12.1 Å². The minimum Gasteiger partial charge on any atom is -0.465 e. The van der Waals surface area contributed by atoms with Gasteiger partial charge in [-0.15, -0.1) is 0 Å². The molecule has 1 saturated heterocycles. The van der Waals surface area contributed by atoms with Crippen LogP contribution in [0.5, 0.6) is 0 Å². The highest BCUT2D eigenvalue weighted by Crippen LogP contribution is 2.16. The van der Waals surface area contributed by atoms with Crippen molar-refractivity contribution >= 4 is 40.9 Å². The maximum Gasteiger partial charge on any atom is 0.253 e. The molecule has 0 bridgehead atoms. The molecule has 1 aliphatic rings. The molecule has 0 radical (unpaired) electrons. The number of carbonyl (C=O) groups is 2. The summed E-state index contributed by atoms with van der Waals surface area (Å²) in [5.41, 5.74) is 0.941. The quantitative estimate of drug-likeness (QED) is 0.511. The number of thiocarbonyl (C=S) groups is 1. The van der Waals surface area contributed by atoms with Crippen molar-refractivity contribution in [2.24, 2.45) is 0 Å². The van der Waals surface area contributed by atoms with Crippen molar-refractivity contribution in [3.8, 4) is 0 Å². The summed E-state index contributed by atoms with van der Waals surface area (Å²) in [5, 5.41) is 8.39. The monoisotopic (exact) mass is 399 g/mol. The number of rotatable bonds is 6. The maximum absolute atomic E-state index is 12.5. The van der Waals surface area contributed by atoms with Crippen LogP contribution in [0.25, 0.3) is 6.08 Å². The van der Waals surface area contributed by atoms with Gasteiger partial charge in [-0.25, -0.2) is 0 Å². The van der Waals surface area contributed by atoms with E-state index in [2.05, 4.69) is 16.0 Å². The normalized spacial score (nSPS) is 16.1. The lowest BCUT2D eigenvalue weighted by Crippen LogP contribution is -2.35. The second kappa shape index (κ2) is 9.82. The molecule has 146 valence electrons. The van der Waals surface area contributed by atoms with E-state index in [0.29, 0.717) is 23.6 Å². The fraction of sp³-hybridized carbons (Fsp3) is 0.250. The number of nitrogens with one attached hydrogen (secondary N) is 3. The highest BCUT2D eigenvalue weighted by atomic mass is 32.1. The molecule has 7 nitrogen and oxygen atoms in total. The van der Waals surface area contributed by atoms with E-state index in [1.54, 1.807) is 36.4 Å². The van der Waals surface area contributed by atoms with Gasteiger partial charge >= 0.3 is 0 Å². The number of hydrogen-bond acceptors (Lipinski definition) is 5. The Bertz CT molecular complexity index is 858. The zero-order valence-corrected chi connectivity index (χ0v) is 16.0. The molecule has 1 aromatic carbocycles. The third-order valence-electron chi connectivity index (χ3n) is 4.11. The lowest BCUT2D eigenvalue weighted by molar-refractivity contribution is -0.115. The van der Waals surface area contributed by atoms with Gasteiger partial charge in [0.2, 0.25) is 5.91 Å². The molecule has 1 aliphatic heterocycles. The first kappa shape index (κ1) is 19.8. The summed E-state index contributed by atoms with van der Waals surface area (Å²) in [7, 11) is 0. The van der Waals surface area contributed by atoms with Crippen LogP contribution in [0.4, 0.5) is 5.69 Å². The predicted molar refractivity (Wildman–Crippen MR) is 110 cm³/mol. The summed E-state index contributed by atoms with van der Waals surface area (Å²) < 4.78 is 10.6. The highest BCUT2D eigenvalue weighted by molar-refractivity contribution is 7.80. The Kier molecular flexibility index (Phi) is 6.94. The second-order valence-electron chi connectivity index (χ2n) is 6.18. The van der Waals surface area contributed by atoms with Gasteiger partial charge in [-0.05, 0) is 55.4 Å². The molecule has 0 aliphatic carbocycles. The van der Waals surface area contributed by atoms with E-state index < -0.39 is 5.91 Å². The average Bonchev–Trinajstić information content (AvgIpc) is 3.38. The first-order valence-corrected chi connectivity index (χ1v) is 9.35. The lowest BCUT2D eigenvalue weighted by Gasteiger charge is -2.14. The number of furan rings is 1. The molecule has 8 heteroatoms. The minimum atomic E-state index is -0.408. The van der Waals surface area contributed by atoms with Crippen molar-refractivity contribution in [3.63, 3.8) is 0 Å². The molecule has 2 heterocycles. The molecule has 28 heavy (non-hydrogen) atoms. The van der Waals surface area contributed by atoms with E-state index in [9.17, 15) is 9.59 Å². The minimum absolute atomic E-state index is 0.0605. The third kappa shape index (κ3) is 5.77. The molecular formula is C20H21N3O4S. The van der Waals surface area contributed by atoms with Gasteiger partial charge in [0.05, 0.1) is 23.6 Å². The van der Waals surface area contributed by atoms with Crippen LogP contribution in [0, 0.1) is 0 Å². The van der Waals surface area contributed by atoms with Gasteiger partial charge in [0, 0.05) is 19.2 Å². The van der Waals surface area contributed by atoms with E-state index in [1.807, 2.05) is 0 Å². The SMILES string of the molecule is O=C(/C=C/c1ccco1)NC(=S)Nc1ccccc1C(=O)NCC1CCCO1. The summed E-state index contributed by atoms with van der Waals surface area (Å²) in [6.07, 6.45) is 6.38. The fourth-order valence-electron chi connectivity index (χ4n) is 2.75. The van der Waals surface area contributed by atoms with Crippen molar-refractivity contribution in [1.29, 1.82) is 0 Å². The van der Waals surface area contributed by atoms with E-state index in [1.165, 1.54) is 18.4 Å². The smallest absolute Gasteiger partial charge is 0.253 e. The summed E-state index contributed by atoms with van der Waals surface area (Å²) in [6, 6.07) is 10.4. The van der Waals surface area contributed by atoms with Crippen LogP contribution in [0.15, 0.2) is 53.2 Å². The summed E-state index contributed by atoms with van der Waals surface area (Å²) in [6.45, 7) is 1.20. The van der Waals surface area contributed by atoms with Crippen molar-refractivity contribution in [1.82, 2.24) is 10.6 Å². The number of amides is 2. The zero-order chi connectivity index (χ0) is 19.8. The Balaban J connectivity index is 1.55. The molecule has 1 atom stereocenters. The van der Waals surface area contributed by atoms with Crippen LogP contribution < -0.4 is 16.0 Å². The third-order valence-corrected chi connectivity index (χ3v) is 4.32. The number of ether oxygens (including phenoxy) is 1.